The predicted octanol–water partition coefficient (Wildman–Crippen LogP) is 6.50. The third kappa shape index (κ3) is 6.23. The number of nitro groups is 1. The lowest BCUT2D eigenvalue weighted by Crippen LogP contribution is -2.23. The minimum Gasteiger partial charge on any atom is -0.481 e. The van der Waals surface area contributed by atoms with E-state index < -0.39 is 10.9 Å². The summed E-state index contributed by atoms with van der Waals surface area (Å²) < 4.78 is 8.18. The molecule has 1 atom stereocenters. The smallest absolute Gasteiger partial charge is 0.335 e. The highest BCUT2D eigenvalue weighted by atomic mass is 79.9. The SMILES string of the molecule is CC[C@@H](C)c1nc2ccc(Br)cc2c(=O)n1N=Cc1cc(Br)cc([N+](=O)[O-])c1OCc1cccc(C(=O)O)c1. The first-order valence-corrected chi connectivity index (χ1v) is 13.4. The minimum absolute atomic E-state index is 0.0654. The van der Waals surface area contributed by atoms with E-state index in [1.807, 2.05) is 13.8 Å². The first kappa shape index (κ1) is 28.1. The van der Waals surface area contributed by atoms with Crippen molar-refractivity contribution in [2.75, 3.05) is 0 Å². The van der Waals surface area contributed by atoms with E-state index >= 15 is 0 Å². The van der Waals surface area contributed by atoms with E-state index in [1.54, 1.807) is 36.4 Å². The van der Waals surface area contributed by atoms with E-state index in [4.69, 9.17) is 4.74 Å². The maximum Gasteiger partial charge on any atom is 0.335 e. The molecule has 0 aliphatic carbocycles. The maximum atomic E-state index is 13.5. The Bertz CT molecular complexity index is 1690. The van der Waals surface area contributed by atoms with Gasteiger partial charge in [-0.15, -0.1) is 0 Å². The fraction of sp³-hybridized carbons (Fsp3) is 0.185. The Balaban J connectivity index is 1.82. The summed E-state index contributed by atoms with van der Waals surface area (Å²) in [6.45, 7) is 3.77. The van der Waals surface area contributed by atoms with Crippen LogP contribution in [0.4, 0.5) is 5.69 Å². The quantitative estimate of drug-likeness (QED) is 0.123. The molecular formula is C27H22Br2N4O6. The van der Waals surface area contributed by atoms with Crippen molar-refractivity contribution in [1.29, 1.82) is 0 Å². The number of nitro benzene ring substituents is 1. The maximum absolute atomic E-state index is 13.5. The van der Waals surface area contributed by atoms with Crippen LogP contribution in [-0.2, 0) is 6.61 Å². The van der Waals surface area contributed by atoms with Gasteiger partial charge in [0.1, 0.15) is 12.4 Å². The number of hydrogen-bond donors (Lipinski definition) is 1. The summed E-state index contributed by atoms with van der Waals surface area (Å²) in [6, 6.07) is 14.2. The number of hydrogen-bond acceptors (Lipinski definition) is 7. The molecule has 0 saturated carbocycles. The Kier molecular flexibility index (Phi) is 8.56. The normalized spacial score (nSPS) is 12.1. The predicted molar refractivity (Wildman–Crippen MR) is 154 cm³/mol. The molecule has 0 aliphatic rings. The molecule has 200 valence electrons. The monoisotopic (exact) mass is 656 g/mol. The van der Waals surface area contributed by atoms with Crippen LogP contribution in [0.3, 0.4) is 0 Å². The number of ether oxygens (including phenoxy) is 1. The van der Waals surface area contributed by atoms with Crippen LogP contribution >= 0.6 is 31.9 Å². The van der Waals surface area contributed by atoms with Crippen LogP contribution in [0.2, 0.25) is 0 Å². The summed E-state index contributed by atoms with van der Waals surface area (Å²) in [5, 5.41) is 25.9. The molecule has 1 heterocycles. The molecule has 0 fully saturated rings. The van der Waals surface area contributed by atoms with Crippen molar-refractivity contribution in [2.45, 2.75) is 32.8 Å². The summed E-state index contributed by atoms with van der Waals surface area (Å²) in [6.07, 6.45) is 2.02. The van der Waals surface area contributed by atoms with Crippen molar-refractivity contribution in [3.05, 3.63) is 107 Å². The fourth-order valence-electron chi connectivity index (χ4n) is 3.84. The number of fused-ring (bicyclic) bond motifs is 1. The molecular weight excluding hydrogens is 636 g/mol. The van der Waals surface area contributed by atoms with Gasteiger partial charge in [-0.2, -0.15) is 9.78 Å². The van der Waals surface area contributed by atoms with Crippen molar-refractivity contribution in [3.63, 3.8) is 0 Å². The molecule has 0 amide bonds. The van der Waals surface area contributed by atoms with E-state index in [1.165, 1.54) is 29.1 Å². The molecule has 0 aliphatic heterocycles. The summed E-state index contributed by atoms with van der Waals surface area (Å²) in [5.74, 6) is -0.830. The van der Waals surface area contributed by atoms with Gasteiger partial charge in [-0.25, -0.2) is 9.78 Å². The molecule has 0 radical (unpaired) electrons. The van der Waals surface area contributed by atoms with Crippen molar-refractivity contribution >= 4 is 60.6 Å². The molecule has 1 N–H and O–H groups in total. The molecule has 4 rings (SSSR count). The summed E-state index contributed by atoms with van der Waals surface area (Å²) in [4.78, 5) is 40.8. The molecule has 1 aromatic heterocycles. The topological polar surface area (TPSA) is 137 Å². The lowest BCUT2D eigenvalue weighted by Gasteiger charge is -2.14. The van der Waals surface area contributed by atoms with E-state index in [0.717, 1.165) is 0 Å². The second-order valence-corrected chi connectivity index (χ2v) is 10.5. The van der Waals surface area contributed by atoms with Gasteiger partial charge in [-0.3, -0.25) is 14.9 Å². The van der Waals surface area contributed by atoms with Crippen LogP contribution in [0.1, 0.15) is 53.5 Å². The first-order valence-electron chi connectivity index (χ1n) is 11.8. The molecule has 10 nitrogen and oxygen atoms in total. The van der Waals surface area contributed by atoms with Crippen LogP contribution in [-0.4, -0.2) is 31.9 Å². The van der Waals surface area contributed by atoms with Gasteiger partial charge in [0, 0.05) is 26.5 Å². The van der Waals surface area contributed by atoms with Crippen LogP contribution in [0, 0.1) is 10.1 Å². The zero-order chi connectivity index (χ0) is 28.3. The van der Waals surface area contributed by atoms with Gasteiger partial charge in [0.15, 0.2) is 0 Å². The number of carboxylic acids is 1. The Hall–Kier alpha value is -3.90. The van der Waals surface area contributed by atoms with E-state index in [9.17, 15) is 24.8 Å². The molecule has 3 aromatic carbocycles. The zero-order valence-electron chi connectivity index (χ0n) is 20.8. The van der Waals surface area contributed by atoms with Crippen LogP contribution in [0.5, 0.6) is 5.75 Å². The highest BCUT2D eigenvalue weighted by Gasteiger charge is 2.22. The van der Waals surface area contributed by atoms with Gasteiger partial charge >= 0.3 is 11.7 Å². The molecule has 4 aromatic rings. The summed E-state index contributed by atoms with van der Waals surface area (Å²) in [7, 11) is 0. The second-order valence-electron chi connectivity index (χ2n) is 8.70. The van der Waals surface area contributed by atoms with E-state index in [0.29, 0.717) is 37.7 Å². The number of rotatable bonds is 9. The van der Waals surface area contributed by atoms with Gasteiger partial charge < -0.3 is 9.84 Å². The van der Waals surface area contributed by atoms with Crippen molar-refractivity contribution in [2.24, 2.45) is 5.10 Å². The Morgan fingerprint density at radius 2 is 1.97 bits per heavy atom. The third-order valence-electron chi connectivity index (χ3n) is 6.02. The molecule has 39 heavy (non-hydrogen) atoms. The van der Waals surface area contributed by atoms with Gasteiger partial charge in [0.05, 0.1) is 27.6 Å². The average Bonchev–Trinajstić information content (AvgIpc) is 2.91. The fourth-order valence-corrected chi connectivity index (χ4v) is 4.66. The molecule has 12 heteroatoms. The summed E-state index contributed by atoms with van der Waals surface area (Å²) >= 11 is 6.68. The highest BCUT2D eigenvalue weighted by Crippen LogP contribution is 2.34. The number of halogens is 2. The average molecular weight is 658 g/mol. The standard InChI is InChI=1S/C27H22Br2N4O6/c1-3-15(2)25-31-22-8-7-19(28)11-21(22)26(34)32(25)30-13-18-10-20(29)12-23(33(37)38)24(18)39-14-16-5-4-6-17(9-16)27(35)36/h4-13,15H,3,14H2,1-2H3,(H,35,36)/t15-/m1/s1. The number of aromatic nitrogens is 2. The Morgan fingerprint density at radius 3 is 2.67 bits per heavy atom. The Labute approximate surface area is 239 Å². The molecule has 0 spiro atoms. The van der Waals surface area contributed by atoms with Gasteiger partial charge in [0.2, 0.25) is 5.75 Å². The number of aromatic carboxylic acids is 1. The second kappa shape index (κ2) is 11.9. The summed E-state index contributed by atoms with van der Waals surface area (Å²) in [5.41, 5.74) is 0.642. The number of benzene rings is 3. The lowest BCUT2D eigenvalue weighted by molar-refractivity contribution is -0.386. The lowest BCUT2D eigenvalue weighted by atomic mass is 10.1. The van der Waals surface area contributed by atoms with E-state index in [2.05, 4.69) is 41.9 Å². The third-order valence-corrected chi connectivity index (χ3v) is 6.97. The molecule has 0 bridgehead atoms. The highest BCUT2D eigenvalue weighted by molar-refractivity contribution is 9.10. The van der Waals surface area contributed by atoms with Crippen molar-refractivity contribution < 1.29 is 19.6 Å². The number of nitrogens with zero attached hydrogens (tertiary/aromatic N) is 4. The molecule has 0 saturated heterocycles. The van der Waals surface area contributed by atoms with Crippen LogP contribution in [0.25, 0.3) is 10.9 Å². The van der Waals surface area contributed by atoms with E-state index in [-0.39, 0.29) is 40.6 Å². The van der Waals surface area contributed by atoms with Gasteiger partial charge in [-0.1, -0.05) is 57.8 Å². The van der Waals surface area contributed by atoms with Crippen LogP contribution < -0.4 is 10.3 Å². The first-order chi connectivity index (χ1) is 18.6. The number of carbonyl (C=O) groups is 1. The minimum atomic E-state index is -1.10. The molecule has 0 unspecified atom stereocenters. The van der Waals surface area contributed by atoms with Crippen molar-refractivity contribution in [1.82, 2.24) is 9.66 Å². The van der Waals surface area contributed by atoms with Crippen molar-refractivity contribution in [3.8, 4) is 5.75 Å². The Morgan fingerprint density at radius 1 is 1.21 bits per heavy atom. The van der Waals surface area contributed by atoms with Crippen LogP contribution in [0.15, 0.2) is 73.4 Å². The zero-order valence-corrected chi connectivity index (χ0v) is 24.0. The van der Waals surface area contributed by atoms with Gasteiger partial charge in [-0.05, 0) is 48.4 Å². The largest absolute Gasteiger partial charge is 0.481 e. The number of carboxylic acid groups (broad SMARTS) is 1. The van der Waals surface area contributed by atoms with Gasteiger partial charge in [0.25, 0.3) is 5.56 Å².